The van der Waals surface area contributed by atoms with Crippen molar-refractivity contribution in [3.05, 3.63) is 29.3 Å². The average Bonchev–Trinajstić information content (AvgIpc) is 2.84. The van der Waals surface area contributed by atoms with Crippen LogP contribution in [0.4, 0.5) is 0 Å². The summed E-state index contributed by atoms with van der Waals surface area (Å²) >= 11 is 0. The first-order valence-electron chi connectivity index (χ1n) is 6.72. The minimum Gasteiger partial charge on any atom is -0.379 e. The summed E-state index contributed by atoms with van der Waals surface area (Å²) in [7, 11) is 3.15. The SMILES string of the molecule is COC1CCCC1NC(=O)c1ccc(S(=O)(=O)Cl)cc1C. The van der Waals surface area contributed by atoms with Gasteiger partial charge in [0.05, 0.1) is 17.0 Å². The Labute approximate surface area is 129 Å². The van der Waals surface area contributed by atoms with E-state index in [0.717, 1.165) is 19.3 Å². The minimum atomic E-state index is -3.78. The molecule has 0 aromatic heterocycles. The van der Waals surface area contributed by atoms with Crippen molar-refractivity contribution < 1.29 is 17.9 Å². The van der Waals surface area contributed by atoms with Gasteiger partial charge in [0.25, 0.3) is 15.0 Å². The first kappa shape index (κ1) is 16.3. The normalized spacial score (nSPS) is 22.2. The standard InChI is InChI=1S/C14H18ClNO4S/c1-9-8-10(21(15,18)19)6-7-11(9)14(17)16-12-4-3-5-13(12)20-2/h6-8,12-13H,3-5H2,1-2H3,(H,16,17). The van der Waals surface area contributed by atoms with Crippen LogP contribution in [0.15, 0.2) is 23.1 Å². The van der Waals surface area contributed by atoms with Crippen molar-refractivity contribution in [3.8, 4) is 0 Å². The van der Waals surface area contributed by atoms with E-state index in [1.807, 2.05) is 0 Å². The summed E-state index contributed by atoms with van der Waals surface area (Å²) in [5.41, 5.74) is 1.02. The Kier molecular flexibility index (Phi) is 4.91. The highest BCUT2D eigenvalue weighted by Gasteiger charge is 2.29. The number of nitrogens with one attached hydrogen (secondary N) is 1. The molecule has 1 aliphatic rings. The first-order valence-corrected chi connectivity index (χ1v) is 9.03. The van der Waals surface area contributed by atoms with E-state index in [9.17, 15) is 13.2 Å². The van der Waals surface area contributed by atoms with E-state index in [-0.39, 0.29) is 22.9 Å². The van der Waals surface area contributed by atoms with Gasteiger partial charge < -0.3 is 10.1 Å². The van der Waals surface area contributed by atoms with Crippen molar-refractivity contribution in [1.29, 1.82) is 0 Å². The van der Waals surface area contributed by atoms with Crippen LogP contribution in [0.2, 0.25) is 0 Å². The molecule has 0 saturated heterocycles. The molecule has 2 unspecified atom stereocenters. The van der Waals surface area contributed by atoms with Crippen molar-refractivity contribution in [2.75, 3.05) is 7.11 Å². The maximum atomic E-state index is 12.3. The first-order chi connectivity index (χ1) is 9.82. The van der Waals surface area contributed by atoms with Crippen LogP contribution in [0.25, 0.3) is 0 Å². The Morgan fingerprint density at radius 3 is 2.67 bits per heavy atom. The van der Waals surface area contributed by atoms with Crippen molar-refractivity contribution in [1.82, 2.24) is 5.32 Å². The van der Waals surface area contributed by atoms with Gasteiger partial charge in [-0.3, -0.25) is 4.79 Å². The van der Waals surface area contributed by atoms with Crippen LogP contribution in [0, 0.1) is 6.92 Å². The maximum Gasteiger partial charge on any atom is 0.261 e. The lowest BCUT2D eigenvalue weighted by atomic mass is 10.1. The molecular weight excluding hydrogens is 314 g/mol. The van der Waals surface area contributed by atoms with E-state index in [1.54, 1.807) is 14.0 Å². The highest BCUT2D eigenvalue weighted by Crippen LogP contribution is 2.23. The number of carbonyl (C=O) groups is 1. The molecule has 2 atom stereocenters. The third-order valence-corrected chi connectivity index (χ3v) is 5.15. The molecule has 2 rings (SSSR count). The Bertz CT molecular complexity index is 644. The fourth-order valence-electron chi connectivity index (χ4n) is 2.66. The number of ether oxygens (including phenoxy) is 1. The number of hydrogen-bond donors (Lipinski definition) is 1. The molecule has 1 fully saturated rings. The smallest absolute Gasteiger partial charge is 0.261 e. The molecule has 1 N–H and O–H groups in total. The lowest BCUT2D eigenvalue weighted by molar-refractivity contribution is 0.0722. The van der Waals surface area contributed by atoms with Crippen molar-refractivity contribution in [2.45, 2.75) is 43.2 Å². The maximum absolute atomic E-state index is 12.3. The van der Waals surface area contributed by atoms with Gasteiger partial charge in [0.1, 0.15) is 0 Å². The van der Waals surface area contributed by atoms with E-state index in [2.05, 4.69) is 5.32 Å². The van der Waals surface area contributed by atoms with Gasteiger partial charge in [0.2, 0.25) is 0 Å². The number of rotatable bonds is 4. The van der Waals surface area contributed by atoms with Gasteiger partial charge >= 0.3 is 0 Å². The Balaban J connectivity index is 2.16. The van der Waals surface area contributed by atoms with Crippen LogP contribution in [-0.4, -0.2) is 33.6 Å². The van der Waals surface area contributed by atoms with Gasteiger partial charge in [-0.05, 0) is 49.9 Å². The second-order valence-corrected chi connectivity index (χ2v) is 7.77. The highest BCUT2D eigenvalue weighted by atomic mass is 35.7. The summed E-state index contributed by atoms with van der Waals surface area (Å²) in [6, 6.07) is 4.22. The second-order valence-electron chi connectivity index (χ2n) is 5.20. The molecule has 7 heteroatoms. The van der Waals surface area contributed by atoms with Gasteiger partial charge in [-0.25, -0.2) is 8.42 Å². The van der Waals surface area contributed by atoms with Crippen LogP contribution in [0.3, 0.4) is 0 Å². The van der Waals surface area contributed by atoms with Gasteiger partial charge in [0.15, 0.2) is 0 Å². The van der Waals surface area contributed by atoms with Crippen molar-refractivity contribution in [2.24, 2.45) is 0 Å². The summed E-state index contributed by atoms with van der Waals surface area (Å²) in [6.07, 6.45) is 2.88. The topological polar surface area (TPSA) is 72.5 Å². The lowest BCUT2D eigenvalue weighted by Crippen LogP contribution is -2.40. The Morgan fingerprint density at radius 1 is 1.38 bits per heavy atom. The molecule has 1 saturated carbocycles. The van der Waals surface area contributed by atoms with Crippen molar-refractivity contribution in [3.63, 3.8) is 0 Å². The highest BCUT2D eigenvalue weighted by molar-refractivity contribution is 8.13. The molecule has 1 aromatic rings. The monoisotopic (exact) mass is 331 g/mol. The predicted molar refractivity (Wildman–Crippen MR) is 80.1 cm³/mol. The largest absolute Gasteiger partial charge is 0.379 e. The van der Waals surface area contributed by atoms with Gasteiger partial charge in [-0.15, -0.1) is 0 Å². The number of benzene rings is 1. The molecule has 1 aliphatic carbocycles. The number of methoxy groups -OCH3 is 1. The summed E-state index contributed by atoms with van der Waals surface area (Å²) < 4.78 is 27.9. The quantitative estimate of drug-likeness (QED) is 0.859. The molecule has 0 spiro atoms. The number of halogens is 1. The average molecular weight is 332 g/mol. The van der Waals surface area contributed by atoms with E-state index < -0.39 is 9.05 Å². The Morgan fingerprint density at radius 2 is 2.10 bits per heavy atom. The molecule has 0 aliphatic heterocycles. The van der Waals surface area contributed by atoms with Gasteiger partial charge in [-0.1, -0.05) is 0 Å². The molecule has 0 radical (unpaired) electrons. The molecule has 1 amide bonds. The summed E-state index contributed by atoms with van der Waals surface area (Å²) in [4.78, 5) is 12.3. The molecule has 0 bridgehead atoms. The number of aryl methyl sites for hydroxylation is 1. The molecule has 21 heavy (non-hydrogen) atoms. The fourth-order valence-corrected chi connectivity index (χ4v) is 3.50. The van der Waals surface area contributed by atoms with Crippen molar-refractivity contribution >= 4 is 25.6 Å². The second kappa shape index (κ2) is 6.34. The van der Waals surface area contributed by atoms with Crippen LogP contribution < -0.4 is 5.32 Å². The summed E-state index contributed by atoms with van der Waals surface area (Å²) in [5, 5.41) is 2.95. The van der Waals surface area contributed by atoms with E-state index in [0.29, 0.717) is 11.1 Å². The number of amides is 1. The minimum absolute atomic E-state index is 0.00154. The predicted octanol–water partition coefficient (Wildman–Crippen LogP) is 2.22. The number of hydrogen-bond acceptors (Lipinski definition) is 4. The third kappa shape index (κ3) is 3.75. The zero-order valence-corrected chi connectivity index (χ0v) is 13.5. The lowest BCUT2D eigenvalue weighted by Gasteiger charge is -2.20. The summed E-state index contributed by atoms with van der Waals surface area (Å²) in [5.74, 6) is -0.222. The molecule has 1 aromatic carbocycles. The Hall–Kier alpha value is -1.11. The fraction of sp³-hybridized carbons (Fsp3) is 0.500. The van der Waals surface area contributed by atoms with Crippen LogP contribution in [0.1, 0.15) is 35.2 Å². The van der Waals surface area contributed by atoms with Crippen LogP contribution in [0.5, 0.6) is 0 Å². The zero-order chi connectivity index (χ0) is 15.6. The third-order valence-electron chi connectivity index (χ3n) is 3.80. The molecule has 5 nitrogen and oxygen atoms in total. The van der Waals surface area contributed by atoms with Crippen LogP contribution in [-0.2, 0) is 13.8 Å². The molecular formula is C14H18ClNO4S. The summed E-state index contributed by atoms with van der Waals surface area (Å²) in [6.45, 7) is 1.68. The van der Waals surface area contributed by atoms with Crippen LogP contribution >= 0.6 is 10.7 Å². The zero-order valence-electron chi connectivity index (χ0n) is 11.9. The van der Waals surface area contributed by atoms with Gasteiger partial charge in [0, 0.05) is 23.4 Å². The number of carbonyl (C=O) groups excluding carboxylic acids is 1. The molecule has 0 heterocycles. The van der Waals surface area contributed by atoms with E-state index in [1.165, 1.54) is 18.2 Å². The molecule has 116 valence electrons. The van der Waals surface area contributed by atoms with E-state index >= 15 is 0 Å². The van der Waals surface area contributed by atoms with Gasteiger partial charge in [-0.2, -0.15) is 0 Å². The van der Waals surface area contributed by atoms with E-state index in [4.69, 9.17) is 15.4 Å².